The zero-order valence-electron chi connectivity index (χ0n) is 8.41. The summed E-state index contributed by atoms with van der Waals surface area (Å²) in [6, 6.07) is 0. The number of hydrogen-bond donors (Lipinski definition) is 0. The molecule has 0 rings (SSSR count). The van der Waals surface area contributed by atoms with E-state index in [-0.39, 0.29) is 5.97 Å². The van der Waals surface area contributed by atoms with E-state index < -0.39 is 0 Å². The maximum Gasteiger partial charge on any atom is 0.302 e. The molecular weight excluding hydrogens is 168 g/mol. The van der Waals surface area contributed by atoms with Crippen molar-refractivity contribution in [2.24, 2.45) is 5.92 Å². The Balaban J connectivity index is 3.55. The van der Waals surface area contributed by atoms with Gasteiger partial charge in [-0.2, -0.15) is 0 Å². The molecule has 0 heterocycles. The standard InChI is InChI=1S/C10H18O3/c1-3-4-10(5-7-11)6-8-13-9(2)12/h7,10H,3-6,8H2,1-2H3. The summed E-state index contributed by atoms with van der Waals surface area (Å²) in [7, 11) is 0. The Morgan fingerprint density at radius 2 is 2.15 bits per heavy atom. The van der Waals surface area contributed by atoms with E-state index in [0.29, 0.717) is 18.9 Å². The van der Waals surface area contributed by atoms with E-state index in [0.717, 1.165) is 25.5 Å². The van der Waals surface area contributed by atoms with Gasteiger partial charge in [-0.25, -0.2) is 0 Å². The molecule has 0 aromatic carbocycles. The molecule has 3 heteroatoms. The molecule has 3 nitrogen and oxygen atoms in total. The van der Waals surface area contributed by atoms with Gasteiger partial charge in [0, 0.05) is 13.3 Å². The molecule has 0 spiro atoms. The monoisotopic (exact) mass is 186 g/mol. The Kier molecular flexibility index (Phi) is 7.26. The minimum atomic E-state index is -0.249. The molecular formula is C10H18O3. The van der Waals surface area contributed by atoms with E-state index in [1.807, 2.05) is 0 Å². The van der Waals surface area contributed by atoms with Crippen LogP contribution < -0.4 is 0 Å². The largest absolute Gasteiger partial charge is 0.466 e. The first kappa shape index (κ1) is 12.1. The number of carbonyl (C=O) groups excluding carboxylic acids is 2. The molecule has 0 radical (unpaired) electrons. The van der Waals surface area contributed by atoms with Crippen molar-refractivity contribution in [2.75, 3.05) is 6.61 Å². The van der Waals surface area contributed by atoms with Gasteiger partial charge >= 0.3 is 5.97 Å². The third-order valence-electron chi connectivity index (χ3n) is 1.96. The van der Waals surface area contributed by atoms with Crippen molar-refractivity contribution in [3.05, 3.63) is 0 Å². The van der Waals surface area contributed by atoms with E-state index in [1.54, 1.807) is 0 Å². The zero-order valence-corrected chi connectivity index (χ0v) is 8.41. The summed E-state index contributed by atoms with van der Waals surface area (Å²) in [6.45, 7) is 3.92. The Labute approximate surface area is 79.5 Å². The van der Waals surface area contributed by atoms with Gasteiger partial charge in [0.25, 0.3) is 0 Å². The lowest BCUT2D eigenvalue weighted by molar-refractivity contribution is -0.141. The Bertz CT molecular complexity index is 154. The molecule has 1 unspecified atom stereocenters. The van der Waals surface area contributed by atoms with Crippen molar-refractivity contribution < 1.29 is 14.3 Å². The molecule has 0 saturated carbocycles. The molecule has 76 valence electrons. The van der Waals surface area contributed by atoms with Gasteiger partial charge in [0.05, 0.1) is 6.61 Å². The maximum absolute atomic E-state index is 10.4. The summed E-state index contributed by atoms with van der Waals surface area (Å²) < 4.78 is 4.81. The van der Waals surface area contributed by atoms with Gasteiger partial charge in [0.2, 0.25) is 0 Å². The molecule has 0 aliphatic rings. The van der Waals surface area contributed by atoms with E-state index >= 15 is 0 Å². The minimum absolute atomic E-state index is 0.249. The van der Waals surface area contributed by atoms with Crippen LogP contribution in [0, 0.1) is 5.92 Å². The highest BCUT2D eigenvalue weighted by Crippen LogP contribution is 2.14. The molecule has 0 bridgehead atoms. The molecule has 0 N–H and O–H groups in total. The van der Waals surface area contributed by atoms with Crippen molar-refractivity contribution in [1.29, 1.82) is 0 Å². The maximum atomic E-state index is 10.4. The predicted octanol–water partition coefficient (Wildman–Crippen LogP) is 1.94. The highest BCUT2D eigenvalue weighted by atomic mass is 16.5. The van der Waals surface area contributed by atoms with Gasteiger partial charge in [0.15, 0.2) is 0 Å². The molecule has 0 fully saturated rings. The van der Waals surface area contributed by atoms with Gasteiger partial charge in [-0.05, 0) is 12.3 Å². The highest BCUT2D eigenvalue weighted by molar-refractivity contribution is 5.65. The Hall–Kier alpha value is -0.860. The van der Waals surface area contributed by atoms with Gasteiger partial charge in [-0.1, -0.05) is 19.8 Å². The summed E-state index contributed by atoms with van der Waals surface area (Å²) >= 11 is 0. The van der Waals surface area contributed by atoms with Crippen LogP contribution in [0.25, 0.3) is 0 Å². The summed E-state index contributed by atoms with van der Waals surface area (Å²) in [5.74, 6) is 0.128. The number of rotatable bonds is 7. The fourth-order valence-electron chi connectivity index (χ4n) is 1.29. The predicted molar refractivity (Wildman–Crippen MR) is 50.3 cm³/mol. The van der Waals surface area contributed by atoms with Gasteiger partial charge in [-0.3, -0.25) is 4.79 Å². The second kappa shape index (κ2) is 7.77. The third-order valence-corrected chi connectivity index (χ3v) is 1.96. The molecule has 0 aromatic rings. The van der Waals surface area contributed by atoms with Crippen molar-refractivity contribution in [3.8, 4) is 0 Å². The van der Waals surface area contributed by atoms with Gasteiger partial charge in [-0.15, -0.1) is 0 Å². The van der Waals surface area contributed by atoms with Crippen LogP contribution in [-0.2, 0) is 14.3 Å². The van der Waals surface area contributed by atoms with E-state index in [2.05, 4.69) is 6.92 Å². The Morgan fingerprint density at radius 3 is 2.62 bits per heavy atom. The van der Waals surface area contributed by atoms with E-state index in [4.69, 9.17) is 4.74 Å². The smallest absolute Gasteiger partial charge is 0.302 e. The molecule has 13 heavy (non-hydrogen) atoms. The second-order valence-corrected chi connectivity index (χ2v) is 3.19. The molecule has 0 aromatic heterocycles. The summed E-state index contributed by atoms with van der Waals surface area (Å²) in [5.41, 5.74) is 0. The summed E-state index contributed by atoms with van der Waals surface area (Å²) in [5, 5.41) is 0. The van der Waals surface area contributed by atoms with Crippen molar-refractivity contribution in [3.63, 3.8) is 0 Å². The van der Waals surface area contributed by atoms with Crippen LogP contribution in [-0.4, -0.2) is 18.9 Å². The number of carbonyl (C=O) groups is 2. The number of hydrogen-bond acceptors (Lipinski definition) is 3. The van der Waals surface area contributed by atoms with Crippen LogP contribution in [0.5, 0.6) is 0 Å². The van der Waals surface area contributed by atoms with E-state index in [9.17, 15) is 9.59 Å². The van der Waals surface area contributed by atoms with Crippen LogP contribution >= 0.6 is 0 Å². The van der Waals surface area contributed by atoms with Crippen molar-refractivity contribution in [2.45, 2.75) is 39.5 Å². The molecule has 0 aliphatic heterocycles. The quantitative estimate of drug-likeness (QED) is 0.451. The number of ether oxygens (including phenoxy) is 1. The molecule has 0 saturated heterocycles. The molecule has 1 atom stereocenters. The number of aldehydes is 1. The first-order valence-electron chi connectivity index (χ1n) is 4.77. The average Bonchev–Trinajstić information content (AvgIpc) is 2.04. The molecule has 0 amide bonds. The SMILES string of the molecule is CCCC(CC=O)CCOC(C)=O. The van der Waals surface area contributed by atoms with Gasteiger partial charge in [0.1, 0.15) is 6.29 Å². The normalized spacial score (nSPS) is 12.2. The number of esters is 1. The fourth-order valence-corrected chi connectivity index (χ4v) is 1.29. The van der Waals surface area contributed by atoms with E-state index in [1.165, 1.54) is 6.92 Å². The Morgan fingerprint density at radius 1 is 1.46 bits per heavy atom. The lowest BCUT2D eigenvalue weighted by Crippen LogP contribution is -2.08. The van der Waals surface area contributed by atoms with Crippen LogP contribution in [0.3, 0.4) is 0 Å². The molecule has 0 aliphatic carbocycles. The highest BCUT2D eigenvalue weighted by Gasteiger charge is 2.07. The van der Waals surface area contributed by atoms with Crippen LogP contribution in [0.2, 0.25) is 0 Å². The second-order valence-electron chi connectivity index (χ2n) is 3.19. The summed E-state index contributed by atoms with van der Waals surface area (Å²) in [6.07, 6.45) is 4.41. The van der Waals surface area contributed by atoms with Crippen LogP contribution in [0.15, 0.2) is 0 Å². The topological polar surface area (TPSA) is 43.4 Å². The fraction of sp³-hybridized carbons (Fsp3) is 0.800. The minimum Gasteiger partial charge on any atom is -0.466 e. The van der Waals surface area contributed by atoms with Crippen molar-refractivity contribution in [1.82, 2.24) is 0 Å². The average molecular weight is 186 g/mol. The van der Waals surface area contributed by atoms with Crippen molar-refractivity contribution >= 4 is 12.3 Å². The lowest BCUT2D eigenvalue weighted by Gasteiger charge is -2.11. The first-order valence-corrected chi connectivity index (χ1v) is 4.77. The third kappa shape index (κ3) is 7.50. The first-order chi connectivity index (χ1) is 6.20. The summed E-state index contributed by atoms with van der Waals surface area (Å²) in [4.78, 5) is 20.7. The van der Waals surface area contributed by atoms with Crippen LogP contribution in [0.1, 0.15) is 39.5 Å². The van der Waals surface area contributed by atoms with Gasteiger partial charge < -0.3 is 9.53 Å². The lowest BCUT2D eigenvalue weighted by atomic mass is 9.97. The van der Waals surface area contributed by atoms with Crippen LogP contribution in [0.4, 0.5) is 0 Å². The zero-order chi connectivity index (χ0) is 10.1.